The largest absolute Gasteiger partial charge is 0.497 e. The number of nitrogens with zero attached hydrogens (tertiary/aromatic N) is 2. The van der Waals surface area contributed by atoms with E-state index in [0.29, 0.717) is 13.1 Å². The van der Waals surface area contributed by atoms with Crippen LogP contribution in [0.15, 0.2) is 29.4 Å². The molecule has 0 unspecified atom stereocenters. The van der Waals surface area contributed by atoms with Crippen molar-refractivity contribution in [3.63, 3.8) is 0 Å². The maximum Gasteiger partial charge on any atom is 0.329 e. The topological polar surface area (TPSA) is 71.0 Å². The number of hydrogen-bond donors (Lipinski definition) is 1. The Morgan fingerprint density at radius 1 is 1.14 bits per heavy atom. The molecule has 2 rings (SSSR count). The molecule has 0 bridgehead atoms. The van der Waals surface area contributed by atoms with E-state index in [0.717, 1.165) is 37.0 Å². The predicted molar refractivity (Wildman–Crippen MR) is 83.8 cm³/mol. The smallest absolute Gasteiger partial charge is 0.329 e. The predicted octanol–water partition coefficient (Wildman–Crippen LogP) is 1.55. The summed E-state index contributed by atoms with van der Waals surface area (Å²) in [7, 11) is 1.60. The van der Waals surface area contributed by atoms with Crippen LogP contribution in [0.25, 0.3) is 0 Å². The number of rotatable bonds is 3. The van der Waals surface area contributed by atoms with E-state index in [2.05, 4.69) is 10.5 Å². The molecule has 0 aromatic heterocycles. The molecular weight excluding hydrogens is 282 g/mol. The van der Waals surface area contributed by atoms with Gasteiger partial charge < -0.3 is 9.64 Å². The van der Waals surface area contributed by atoms with Crippen molar-refractivity contribution in [3.8, 4) is 5.75 Å². The van der Waals surface area contributed by atoms with Crippen LogP contribution in [0, 0.1) is 0 Å². The minimum atomic E-state index is -0.688. The maximum atomic E-state index is 12.0. The first-order chi connectivity index (χ1) is 10.7. The van der Waals surface area contributed by atoms with Crippen LogP contribution in [0.2, 0.25) is 0 Å². The summed E-state index contributed by atoms with van der Waals surface area (Å²) in [6.45, 7) is 1.29. The van der Waals surface area contributed by atoms with Crippen LogP contribution < -0.4 is 10.2 Å². The average Bonchev–Trinajstić information content (AvgIpc) is 2.84. The minimum Gasteiger partial charge on any atom is -0.497 e. The SMILES string of the molecule is COc1ccc(/C=N\NC(=O)C(=O)N2CCCCCC2)cc1. The van der Waals surface area contributed by atoms with E-state index < -0.39 is 11.8 Å². The summed E-state index contributed by atoms with van der Waals surface area (Å²) in [4.78, 5) is 25.4. The Labute approximate surface area is 130 Å². The molecule has 1 saturated heterocycles. The maximum absolute atomic E-state index is 12.0. The van der Waals surface area contributed by atoms with E-state index in [1.54, 1.807) is 24.1 Å². The van der Waals surface area contributed by atoms with Crippen LogP contribution in [0.1, 0.15) is 31.2 Å². The number of amides is 2. The summed E-state index contributed by atoms with van der Waals surface area (Å²) in [6, 6.07) is 7.22. The normalized spacial score (nSPS) is 15.4. The second kappa shape index (κ2) is 8.17. The Morgan fingerprint density at radius 2 is 1.77 bits per heavy atom. The summed E-state index contributed by atoms with van der Waals surface area (Å²) >= 11 is 0. The van der Waals surface area contributed by atoms with Crippen LogP contribution in [0.5, 0.6) is 5.75 Å². The number of ether oxygens (including phenoxy) is 1. The van der Waals surface area contributed by atoms with Gasteiger partial charge in [0.05, 0.1) is 13.3 Å². The highest BCUT2D eigenvalue weighted by molar-refractivity contribution is 6.35. The summed E-state index contributed by atoms with van der Waals surface area (Å²) in [6.07, 6.45) is 5.62. The average molecular weight is 303 g/mol. The molecular formula is C16H21N3O3. The highest BCUT2D eigenvalue weighted by Crippen LogP contribution is 2.10. The third-order valence-corrected chi connectivity index (χ3v) is 3.58. The standard InChI is InChI=1S/C16H21N3O3/c1-22-14-8-6-13(7-9-14)12-17-18-15(20)16(21)19-10-4-2-3-5-11-19/h6-9,12H,2-5,10-11H2,1H3,(H,18,20)/b17-12-. The minimum absolute atomic E-state index is 0.506. The van der Waals surface area contributed by atoms with Crippen LogP contribution in [-0.2, 0) is 9.59 Å². The Bertz CT molecular complexity index is 532. The van der Waals surface area contributed by atoms with Gasteiger partial charge in [0.25, 0.3) is 0 Å². The van der Waals surface area contributed by atoms with Crippen LogP contribution in [-0.4, -0.2) is 43.1 Å². The molecule has 1 N–H and O–H groups in total. The molecule has 1 aliphatic rings. The van der Waals surface area contributed by atoms with Crippen molar-refractivity contribution in [3.05, 3.63) is 29.8 Å². The molecule has 6 nitrogen and oxygen atoms in total. The van der Waals surface area contributed by atoms with Gasteiger partial charge in [-0.1, -0.05) is 12.8 Å². The van der Waals surface area contributed by atoms with Gasteiger partial charge in [-0.25, -0.2) is 5.43 Å². The second-order valence-corrected chi connectivity index (χ2v) is 5.18. The van der Waals surface area contributed by atoms with Gasteiger partial charge in [-0.2, -0.15) is 5.10 Å². The third-order valence-electron chi connectivity index (χ3n) is 3.58. The number of benzene rings is 1. The van der Waals surface area contributed by atoms with Crippen molar-refractivity contribution in [1.29, 1.82) is 0 Å². The van der Waals surface area contributed by atoms with Gasteiger partial charge in [0, 0.05) is 13.1 Å². The van der Waals surface area contributed by atoms with Gasteiger partial charge in [0.1, 0.15) is 5.75 Å². The fraction of sp³-hybridized carbons (Fsp3) is 0.438. The lowest BCUT2D eigenvalue weighted by Crippen LogP contribution is -2.41. The van der Waals surface area contributed by atoms with Crippen LogP contribution >= 0.6 is 0 Å². The van der Waals surface area contributed by atoms with E-state index in [9.17, 15) is 9.59 Å². The monoisotopic (exact) mass is 303 g/mol. The zero-order chi connectivity index (χ0) is 15.8. The molecule has 1 aromatic rings. The number of carbonyl (C=O) groups excluding carboxylic acids is 2. The molecule has 0 atom stereocenters. The van der Waals surface area contributed by atoms with E-state index in [4.69, 9.17) is 4.74 Å². The Hall–Kier alpha value is -2.37. The molecule has 0 saturated carbocycles. The van der Waals surface area contributed by atoms with Crippen molar-refractivity contribution < 1.29 is 14.3 Å². The first-order valence-corrected chi connectivity index (χ1v) is 7.47. The Balaban J connectivity index is 1.85. The highest BCUT2D eigenvalue weighted by Gasteiger charge is 2.21. The molecule has 0 aliphatic carbocycles. The van der Waals surface area contributed by atoms with E-state index in [1.807, 2.05) is 12.1 Å². The summed E-state index contributed by atoms with van der Waals surface area (Å²) in [5.41, 5.74) is 3.09. The zero-order valence-electron chi connectivity index (χ0n) is 12.7. The van der Waals surface area contributed by atoms with Crippen molar-refractivity contribution in [2.75, 3.05) is 20.2 Å². The molecule has 1 heterocycles. The lowest BCUT2D eigenvalue weighted by Gasteiger charge is -2.18. The lowest BCUT2D eigenvalue weighted by molar-refractivity contribution is -0.145. The van der Waals surface area contributed by atoms with Crippen molar-refractivity contribution in [2.45, 2.75) is 25.7 Å². The van der Waals surface area contributed by atoms with Gasteiger partial charge in [-0.3, -0.25) is 9.59 Å². The van der Waals surface area contributed by atoms with Gasteiger partial charge in [0.2, 0.25) is 0 Å². The molecule has 1 fully saturated rings. The number of hydrazone groups is 1. The van der Waals surface area contributed by atoms with E-state index in [-0.39, 0.29) is 0 Å². The number of carbonyl (C=O) groups is 2. The fourth-order valence-corrected chi connectivity index (χ4v) is 2.32. The van der Waals surface area contributed by atoms with E-state index >= 15 is 0 Å². The number of likely N-dealkylation sites (tertiary alicyclic amines) is 1. The third kappa shape index (κ3) is 4.58. The number of hydrogen-bond acceptors (Lipinski definition) is 4. The number of methoxy groups -OCH3 is 1. The first-order valence-electron chi connectivity index (χ1n) is 7.47. The van der Waals surface area contributed by atoms with Gasteiger partial charge in [-0.05, 0) is 42.7 Å². The summed E-state index contributed by atoms with van der Waals surface area (Å²) in [5, 5.41) is 3.82. The van der Waals surface area contributed by atoms with Gasteiger partial charge in [0.15, 0.2) is 0 Å². The molecule has 22 heavy (non-hydrogen) atoms. The zero-order valence-corrected chi connectivity index (χ0v) is 12.7. The van der Waals surface area contributed by atoms with Crippen molar-refractivity contribution in [2.24, 2.45) is 5.10 Å². The Kier molecular flexibility index (Phi) is 5.94. The quantitative estimate of drug-likeness (QED) is 0.523. The van der Waals surface area contributed by atoms with Crippen LogP contribution in [0.4, 0.5) is 0 Å². The number of nitrogens with one attached hydrogen (secondary N) is 1. The van der Waals surface area contributed by atoms with E-state index in [1.165, 1.54) is 6.21 Å². The molecule has 0 radical (unpaired) electrons. The molecule has 1 aliphatic heterocycles. The molecule has 1 aromatic carbocycles. The molecule has 6 heteroatoms. The Morgan fingerprint density at radius 3 is 2.36 bits per heavy atom. The van der Waals surface area contributed by atoms with Crippen molar-refractivity contribution >= 4 is 18.0 Å². The summed E-state index contributed by atoms with van der Waals surface area (Å²) in [5.74, 6) is -0.446. The summed E-state index contributed by atoms with van der Waals surface area (Å²) < 4.78 is 5.06. The second-order valence-electron chi connectivity index (χ2n) is 5.18. The van der Waals surface area contributed by atoms with Gasteiger partial charge >= 0.3 is 11.8 Å². The fourth-order valence-electron chi connectivity index (χ4n) is 2.32. The van der Waals surface area contributed by atoms with Gasteiger partial charge in [-0.15, -0.1) is 0 Å². The van der Waals surface area contributed by atoms with Crippen molar-refractivity contribution in [1.82, 2.24) is 10.3 Å². The van der Waals surface area contributed by atoms with Crippen LogP contribution in [0.3, 0.4) is 0 Å². The first kappa shape index (κ1) is 16.0. The lowest BCUT2D eigenvalue weighted by atomic mass is 10.2. The molecule has 2 amide bonds. The molecule has 118 valence electrons. The molecule has 0 spiro atoms. The highest BCUT2D eigenvalue weighted by atomic mass is 16.5.